The minimum atomic E-state index is 0.00733. The van der Waals surface area contributed by atoms with Gasteiger partial charge in [-0.1, -0.05) is 51.9 Å². The third-order valence-corrected chi connectivity index (χ3v) is 3.68. The van der Waals surface area contributed by atoms with Crippen molar-refractivity contribution >= 4 is 5.97 Å². The van der Waals surface area contributed by atoms with Crippen LogP contribution in [0.1, 0.15) is 77.6 Å². The van der Waals surface area contributed by atoms with Gasteiger partial charge in [-0.05, 0) is 25.2 Å². The summed E-state index contributed by atoms with van der Waals surface area (Å²) < 4.78 is 5.21. The highest BCUT2D eigenvalue weighted by molar-refractivity contribution is 5.69. The Morgan fingerprint density at radius 2 is 1.47 bits per heavy atom. The van der Waals surface area contributed by atoms with Crippen molar-refractivity contribution in [2.45, 2.75) is 77.6 Å². The van der Waals surface area contributed by atoms with Gasteiger partial charge in [-0.25, -0.2) is 0 Å². The van der Waals surface area contributed by atoms with Crippen molar-refractivity contribution in [2.24, 2.45) is 5.92 Å². The molecule has 1 fully saturated rings. The molecule has 0 aromatic carbocycles. The predicted octanol–water partition coefficient (Wildman–Crippen LogP) is 4.47. The van der Waals surface area contributed by atoms with Gasteiger partial charge in [0.1, 0.15) is 0 Å². The molecule has 1 saturated heterocycles. The molecule has 0 aromatic rings. The topological polar surface area (TPSA) is 26.3 Å². The molecule has 1 rings (SSSR count). The van der Waals surface area contributed by atoms with Gasteiger partial charge >= 0.3 is 5.97 Å². The molecule has 0 N–H and O–H groups in total. The van der Waals surface area contributed by atoms with E-state index >= 15 is 0 Å². The number of cyclic esters (lactones) is 1. The summed E-state index contributed by atoms with van der Waals surface area (Å²) >= 11 is 0. The molecule has 2 heteroatoms. The van der Waals surface area contributed by atoms with Gasteiger partial charge in [0.2, 0.25) is 0 Å². The third-order valence-electron chi connectivity index (χ3n) is 3.68. The van der Waals surface area contributed by atoms with E-state index in [1.165, 1.54) is 51.4 Å². The Labute approximate surface area is 106 Å². The quantitative estimate of drug-likeness (QED) is 0.584. The van der Waals surface area contributed by atoms with Crippen LogP contribution in [0.5, 0.6) is 0 Å². The first-order chi connectivity index (χ1) is 8.29. The number of hydrogen-bond acceptors (Lipinski definition) is 2. The highest BCUT2D eigenvalue weighted by Crippen LogP contribution is 2.17. The molecule has 1 unspecified atom stereocenters. The van der Waals surface area contributed by atoms with Crippen LogP contribution in [0.25, 0.3) is 0 Å². The number of hydrogen-bond donors (Lipinski definition) is 0. The largest absolute Gasteiger partial charge is 0.466 e. The summed E-state index contributed by atoms with van der Waals surface area (Å²) in [5.41, 5.74) is 0. The van der Waals surface area contributed by atoms with E-state index in [1.807, 2.05) is 0 Å². The zero-order valence-electron chi connectivity index (χ0n) is 11.4. The molecule has 0 radical (unpaired) electrons. The fourth-order valence-electron chi connectivity index (χ4n) is 2.47. The van der Waals surface area contributed by atoms with Crippen LogP contribution in [0.3, 0.4) is 0 Å². The molecule has 0 amide bonds. The summed E-state index contributed by atoms with van der Waals surface area (Å²) in [5.74, 6) is 0.851. The number of rotatable bonds is 0. The van der Waals surface area contributed by atoms with Gasteiger partial charge in [0.15, 0.2) is 0 Å². The third kappa shape index (κ3) is 8.23. The van der Waals surface area contributed by atoms with Crippen molar-refractivity contribution in [3.63, 3.8) is 0 Å². The van der Waals surface area contributed by atoms with E-state index in [9.17, 15) is 4.79 Å². The van der Waals surface area contributed by atoms with Crippen molar-refractivity contribution in [1.29, 1.82) is 0 Å². The Morgan fingerprint density at radius 3 is 2.24 bits per heavy atom. The minimum absolute atomic E-state index is 0.00733. The lowest BCUT2D eigenvalue weighted by atomic mass is 9.97. The summed E-state index contributed by atoms with van der Waals surface area (Å²) in [6.45, 7) is 2.98. The summed E-state index contributed by atoms with van der Waals surface area (Å²) in [6.07, 6.45) is 13.1. The van der Waals surface area contributed by atoms with Crippen LogP contribution in [-0.2, 0) is 9.53 Å². The van der Waals surface area contributed by atoms with Crippen molar-refractivity contribution < 1.29 is 9.53 Å². The van der Waals surface area contributed by atoms with Gasteiger partial charge in [-0.15, -0.1) is 0 Å². The van der Waals surface area contributed by atoms with E-state index in [0.717, 1.165) is 18.8 Å². The maximum absolute atomic E-state index is 11.4. The molecule has 17 heavy (non-hydrogen) atoms. The number of carbonyl (C=O) groups is 1. The zero-order chi connectivity index (χ0) is 12.3. The van der Waals surface area contributed by atoms with Crippen LogP contribution in [0.2, 0.25) is 0 Å². The Kier molecular flexibility index (Phi) is 8.12. The minimum Gasteiger partial charge on any atom is -0.466 e. The summed E-state index contributed by atoms with van der Waals surface area (Å²) in [6, 6.07) is 0. The fraction of sp³-hybridized carbons (Fsp3) is 0.933. The van der Waals surface area contributed by atoms with Crippen molar-refractivity contribution in [3.05, 3.63) is 0 Å². The van der Waals surface area contributed by atoms with Gasteiger partial charge in [0.05, 0.1) is 6.61 Å². The van der Waals surface area contributed by atoms with Crippen molar-refractivity contribution in [3.8, 4) is 0 Å². The lowest BCUT2D eigenvalue weighted by Crippen LogP contribution is -2.06. The highest BCUT2D eigenvalue weighted by atomic mass is 16.5. The average Bonchev–Trinajstić information content (AvgIpc) is 2.31. The number of esters is 1. The zero-order valence-corrected chi connectivity index (χ0v) is 11.4. The lowest BCUT2D eigenvalue weighted by Gasteiger charge is -2.10. The van der Waals surface area contributed by atoms with Gasteiger partial charge in [-0.3, -0.25) is 4.79 Å². The monoisotopic (exact) mass is 240 g/mol. The molecular formula is C15H28O2. The molecule has 0 bridgehead atoms. The molecule has 100 valence electrons. The molecule has 0 spiro atoms. The molecule has 0 aliphatic carbocycles. The molecule has 2 nitrogen and oxygen atoms in total. The van der Waals surface area contributed by atoms with Gasteiger partial charge in [0.25, 0.3) is 0 Å². The van der Waals surface area contributed by atoms with Gasteiger partial charge < -0.3 is 4.74 Å². The highest BCUT2D eigenvalue weighted by Gasteiger charge is 2.05. The van der Waals surface area contributed by atoms with E-state index in [1.54, 1.807) is 0 Å². The smallest absolute Gasteiger partial charge is 0.305 e. The van der Waals surface area contributed by atoms with E-state index in [-0.39, 0.29) is 5.97 Å². The van der Waals surface area contributed by atoms with Crippen LogP contribution < -0.4 is 0 Å². The Balaban J connectivity index is 2.21. The van der Waals surface area contributed by atoms with Crippen LogP contribution in [0.15, 0.2) is 0 Å². The van der Waals surface area contributed by atoms with Crippen LogP contribution in [-0.4, -0.2) is 12.6 Å². The first kappa shape index (κ1) is 14.5. The standard InChI is InChI=1S/C15H28O2/c1-14-10-6-4-2-3-5-7-12-15(16)17-13-9-8-11-14/h14H,2-13H2,1H3. The molecule has 0 saturated carbocycles. The van der Waals surface area contributed by atoms with E-state index < -0.39 is 0 Å². The summed E-state index contributed by atoms with van der Waals surface area (Å²) in [7, 11) is 0. The molecular weight excluding hydrogens is 212 g/mol. The van der Waals surface area contributed by atoms with Crippen LogP contribution in [0, 0.1) is 5.92 Å². The van der Waals surface area contributed by atoms with Gasteiger partial charge in [0, 0.05) is 6.42 Å². The molecule has 1 aliphatic rings. The maximum Gasteiger partial charge on any atom is 0.305 e. The molecule has 0 aromatic heterocycles. The van der Waals surface area contributed by atoms with Crippen LogP contribution in [0.4, 0.5) is 0 Å². The van der Waals surface area contributed by atoms with E-state index in [4.69, 9.17) is 4.74 Å². The number of ether oxygens (including phenoxy) is 1. The molecule has 1 aliphatic heterocycles. The Morgan fingerprint density at radius 1 is 0.882 bits per heavy atom. The molecule has 1 heterocycles. The SMILES string of the molecule is CC1CCCCCCCCC(=O)OCCCC1. The fourth-order valence-corrected chi connectivity index (χ4v) is 2.47. The number of carbonyl (C=O) groups excluding carboxylic acids is 1. The maximum atomic E-state index is 11.4. The molecule has 1 atom stereocenters. The Hall–Kier alpha value is -0.530. The van der Waals surface area contributed by atoms with E-state index in [2.05, 4.69) is 6.92 Å². The second kappa shape index (κ2) is 9.49. The second-order valence-corrected chi connectivity index (χ2v) is 5.48. The average molecular weight is 240 g/mol. The van der Waals surface area contributed by atoms with Crippen molar-refractivity contribution in [2.75, 3.05) is 6.61 Å². The van der Waals surface area contributed by atoms with Crippen molar-refractivity contribution in [1.82, 2.24) is 0 Å². The summed E-state index contributed by atoms with van der Waals surface area (Å²) in [4.78, 5) is 11.4. The summed E-state index contributed by atoms with van der Waals surface area (Å²) in [5, 5.41) is 0. The first-order valence-electron chi connectivity index (χ1n) is 7.44. The first-order valence-corrected chi connectivity index (χ1v) is 7.44. The van der Waals surface area contributed by atoms with E-state index in [0.29, 0.717) is 13.0 Å². The Bertz CT molecular complexity index is 201. The van der Waals surface area contributed by atoms with Crippen LogP contribution >= 0.6 is 0 Å². The normalized spacial score (nSPS) is 26.6. The predicted molar refractivity (Wildman–Crippen MR) is 70.9 cm³/mol. The lowest BCUT2D eigenvalue weighted by molar-refractivity contribution is -0.143. The van der Waals surface area contributed by atoms with Gasteiger partial charge in [-0.2, -0.15) is 0 Å². The second-order valence-electron chi connectivity index (χ2n) is 5.48.